The van der Waals surface area contributed by atoms with E-state index in [0.717, 1.165) is 38.5 Å². The number of hydrogen-bond donors (Lipinski definition) is 3. The lowest BCUT2D eigenvalue weighted by Gasteiger charge is -1.97. The highest BCUT2D eigenvalue weighted by molar-refractivity contribution is 5.67. The largest absolute Gasteiger partial charge is 0.481 e. The first-order valence-electron chi connectivity index (χ1n) is 13.5. The van der Waals surface area contributed by atoms with Crippen LogP contribution in [0.2, 0.25) is 0 Å². The van der Waals surface area contributed by atoms with Gasteiger partial charge in [-0.3, -0.25) is 14.4 Å². The van der Waals surface area contributed by atoms with Gasteiger partial charge >= 0.3 is 17.9 Å². The van der Waals surface area contributed by atoms with Crippen molar-refractivity contribution in [3.63, 3.8) is 0 Å². The quantitative estimate of drug-likeness (QED) is 0.144. The lowest BCUT2D eigenvalue weighted by atomic mass is 10.1. The van der Waals surface area contributed by atoms with Gasteiger partial charge in [-0.25, -0.2) is 0 Å². The molecule has 0 saturated heterocycles. The van der Waals surface area contributed by atoms with Gasteiger partial charge in [0.25, 0.3) is 0 Å². The van der Waals surface area contributed by atoms with Gasteiger partial charge in [0.1, 0.15) is 0 Å². The first kappa shape index (κ1) is 36.0. The standard InChI is InChI=1S/3C9H18O2/c3*1-2-3-4-5-6-7-8-9(10)11/h3*2-8H2,1H3,(H,10,11). The Morgan fingerprint density at radius 2 is 0.545 bits per heavy atom. The molecule has 6 nitrogen and oxygen atoms in total. The average molecular weight is 475 g/mol. The van der Waals surface area contributed by atoms with Crippen LogP contribution in [0, 0.1) is 0 Å². The van der Waals surface area contributed by atoms with Crippen molar-refractivity contribution < 1.29 is 29.7 Å². The molecule has 0 aliphatic heterocycles. The third-order valence-electron chi connectivity index (χ3n) is 5.23. The predicted molar refractivity (Wildman–Crippen MR) is 137 cm³/mol. The fraction of sp³-hybridized carbons (Fsp3) is 0.889. The van der Waals surface area contributed by atoms with Crippen molar-refractivity contribution in [2.45, 2.75) is 156 Å². The third-order valence-corrected chi connectivity index (χ3v) is 5.23. The molecule has 0 amide bonds. The number of carbonyl (C=O) groups is 3. The van der Waals surface area contributed by atoms with Crippen molar-refractivity contribution >= 4 is 17.9 Å². The van der Waals surface area contributed by atoms with E-state index >= 15 is 0 Å². The summed E-state index contributed by atoms with van der Waals surface area (Å²) in [6.45, 7) is 6.53. The van der Waals surface area contributed by atoms with Crippen LogP contribution in [-0.2, 0) is 14.4 Å². The summed E-state index contributed by atoms with van der Waals surface area (Å²) in [4.78, 5) is 30.3. The first-order valence-corrected chi connectivity index (χ1v) is 13.5. The van der Waals surface area contributed by atoms with E-state index in [-0.39, 0.29) is 0 Å². The fourth-order valence-electron chi connectivity index (χ4n) is 3.17. The van der Waals surface area contributed by atoms with Crippen LogP contribution >= 0.6 is 0 Å². The molecule has 0 rings (SSSR count). The summed E-state index contributed by atoms with van der Waals surface area (Å²) < 4.78 is 0. The van der Waals surface area contributed by atoms with Crippen LogP contribution < -0.4 is 0 Å². The van der Waals surface area contributed by atoms with Crippen LogP contribution in [0.3, 0.4) is 0 Å². The molecule has 3 N–H and O–H groups in total. The van der Waals surface area contributed by atoms with E-state index in [4.69, 9.17) is 15.3 Å². The van der Waals surface area contributed by atoms with Crippen molar-refractivity contribution in [2.24, 2.45) is 0 Å². The molecule has 0 aromatic carbocycles. The Labute approximate surface area is 203 Å². The molecule has 6 heteroatoms. The van der Waals surface area contributed by atoms with E-state index in [0.29, 0.717) is 19.3 Å². The molecule has 0 aromatic rings. The van der Waals surface area contributed by atoms with Crippen molar-refractivity contribution in [3.05, 3.63) is 0 Å². The third kappa shape index (κ3) is 48.9. The van der Waals surface area contributed by atoms with E-state index in [1.54, 1.807) is 0 Å². The second kappa shape index (κ2) is 32.6. The number of hydrogen-bond acceptors (Lipinski definition) is 3. The molecule has 0 atom stereocenters. The van der Waals surface area contributed by atoms with Gasteiger partial charge in [-0.15, -0.1) is 0 Å². The summed E-state index contributed by atoms with van der Waals surface area (Å²) in [5.41, 5.74) is 0. The maximum atomic E-state index is 10.1. The number of rotatable bonds is 21. The number of aliphatic carboxylic acids is 3. The van der Waals surface area contributed by atoms with Crippen LogP contribution in [0.5, 0.6) is 0 Å². The van der Waals surface area contributed by atoms with Crippen LogP contribution in [0.15, 0.2) is 0 Å². The topological polar surface area (TPSA) is 112 Å². The first-order chi connectivity index (χ1) is 15.8. The maximum absolute atomic E-state index is 10.1. The van der Waals surface area contributed by atoms with Gasteiger partial charge in [0, 0.05) is 19.3 Å². The molecule has 0 aromatic heterocycles. The molecule has 0 heterocycles. The van der Waals surface area contributed by atoms with Gasteiger partial charge in [0.15, 0.2) is 0 Å². The normalized spacial score (nSPS) is 9.91. The Bertz CT molecular complexity index is 361. The molecule has 0 fully saturated rings. The Hall–Kier alpha value is -1.59. The van der Waals surface area contributed by atoms with Gasteiger partial charge in [-0.1, -0.05) is 117 Å². The predicted octanol–water partition coefficient (Wildman–Crippen LogP) is 8.46. The zero-order chi connectivity index (χ0) is 25.6. The average Bonchev–Trinajstić information content (AvgIpc) is 2.76. The van der Waals surface area contributed by atoms with Gasteiger partial charge in [-0.2, -0.15) is 0 Å². The molecule has 0 saturated carbocycles. The van der Waals surface area contributed by atoms with Crippen LogP contribution in [0.1, 0.15) is 156 Å². The minimum Gasteiger partial charge on any atom is -0.481 e. The second-order valence-electron chi connectivity index (χ2n) is 8.73. The molecule has 0 unspecified atom stereocenters. The zero-order valence-electron chi connectivity index (χ0n) is 21.9. The summed E-state index contributed by atoms with van der Waals surface area (Å²) in [5.74, 6) is -2.00. The Balaban J connectivity index is -0.000000409. The van der Waals surface area contributed by atoms with Gasteiger partial charge in [0.05, 0.1) is 0 Å². The molecule has 33 heavy (non-hydrogen) atoms. The summed E-state index contributed by atoms with van der Waals surface area (Å²) >= 11 is 0. The molecular formula is C27H54O6. The van der Waals surface area contributed by atoms with E-state index < -0.39 is 17.9 Å². The van der Waals surface area contributed by atoms with E-state index in [2.05, 4.69) is 20.8 Å². The van der Waals surface area contributed by atoms with Gasteiger partial charge in [-0.05, 0) is 19.3 Å². The second-order valence-corrected chi connectivity index (χ2v) is 8.73. The zero-order valence-corrected chi connectivity index (χ0v) is 21.9. The van der Waals surface area contributed by atoms with Crippen LogP contribution in [0.4, 0.5) is 0 Å². The molecule has 198 valence electrons. The number of unbranched alkanes of at least 4 members (excludes halogenated alkanes) is 15. The van der Waals surface area contributed by atoms with Crippen molar-refractivity contribution in [2.75, 3.05) is 0 Å². The monoisotopic (exact) mass is 474 g/mol. The van der Waals surface area contributed by atoms with Crippen molar-refractivity contribution in [1.82, 2.24) is 0 Å². The summed E-state index contributed by atoms with van der Waals surface area (Å²) in [6.07, 6.45) is 21.8. The molecule has 0 aliphatic rings. The summed E-state index contributed by atoms with van der Waals surface area (Å²) in [5, 5.41) is 24.9. The molecule has 0 aliphatic carbocycles. The number of carboxylic acids is 3. The Morgan fingerprint density at radius 1 is 0.364 bits per heavy atom. The Kier molecular flexibility index (Phi) is 35.5. The SMILES string of the molecule is CCCCCCCCC(=O)O.CCCCCCCCC(=O)O.CCCCCCCCC(=O)O. The molecule has 0 bridgehead atoms. The smallest absolute Gasteiger partial charge is 0.303 e. The fourth-order valence-corrected chi connectivity index (χ4v) is 3.17. The van der Waals surface area contributed by atoms with Gasteiger partial charge in [0.2, 0.25) is 0 Å². The molecule has 0 spiro atoms. The maximum Gasteiger partial charge on any atom is 0.303 e. The van der Waals surface area contributed by atoms with Crippen molar-refractivity contribution in [1.29, 1.82) is 0 Å². The lowest BCUT2D eigenvalue weighted by molar-refractivity contribution is -0.138. The summed E-state index contributed by atoms with van der Waals surface area (Å²) in [7, 11) is 0. The highest BCUT2D eigenvalue weighted by Crippen LogP contribution is 2.08. The lowest BCUT2D eigenvalue weighted by Crippen LogP contribution is -1.93. The van der Waals surface area contributed by atoms with Crippen LogP contribution in [0.25, 0.3) is 0 Å². The van der Waals surface area contributed by atoms with Crippen LogP contribution in [-0.4, -0.2) is 33.2 Å². The molecule has 0 radical (unpaired) electrons. The van der Waals surface area contributed by atoms with E-state index in [1.165, 1.54) is 77.0 Å². The summed E-state index contributed by atoms with van der Waals surface area (Å²) in [6, 6.07) is 0. The van der Waals surface area contributed by atoms with E-state index in [1.807, 2.05) is 0 Å². The molecular weight excluding hydrogens is 420 g/mol. The highest BCUT2D eigenvalue weighted by Gasteiger charge is 1.97. The number of carboxylic acid groups (broad SMARTS) is 3. The van der Waals surface area contributed by atoms with E-state index in [9.17, 15) is 14.4 Å². The van der Waals surface area contributed by atoms with Gasteiger partial charge < -0.3 is 15.3 Å². The minimum absolute atomic E-state index is 0.339. The highest BCUT2D eigenvalue weighted by atomic mass is 16.4. The Morgan fingerprint density at radius 3 is 0.727 bits per heavy atom. The van der Waals surface area contributed by atoms with Crippen molar-refractivity contribution in [3.8, 4) is 0 Å². The minimum atomic E-state index is -0.666.